The van der Waals surface area contributed by atoms with Crippen molar-refractivity contribution in [2.24, 2.45) is 0 Å². The fraction of sp³-hybridized carbons (Fsp3) is 0.0476. The van der Waals surface area contributed by atoms with Gasteiger partial charge < -0.3 is 10.1 Å². The molecular weight excluding hydrogens is 350 g/mol. The summed E-state index contributed by atoms with van der Waals surface area (Å²) in [6.45, 7) is 0.179. The highest BCUT2D eigenvalue weighted by Crippen LogP contribution is 2.19. The number of ether oxygens (including phenoxy) is 1. The molecule has 0 bridgehead atoms. The zero-order valence-corrected chi connectivity index (χ0v) is 14.1. The molecule has 4 nitrogen and oxygen atoms in total. The van der Waals surface area contributed by atoms with E-state index in [1.807, 2.05) is 6.07 Å². The quantitative estimate of drug-likeness (QED) is 0.716. The van der Waals surface area contributed by atoms with Crippen molar-refractivity contribution in [2.45, 2.75) is 6.61 Å². The van der Waals surface area contributed by atoms with Crippen molar-refractivity contribution in [2.75, 3.05) is 5.32 Å². The number of nitrogens with one attached hydrogen (secondary N) is 1. The zero-order chi connectivity index (χ0) is 19.2. The van der Waals surface area contributed by atoms with Crippen molar-refractivity contribution in [1.29, 1.82) is 5.26 Å². The second kappa shape index (κ2) is 8.11. The average Bonchev–Trinajstić information content (AvgIpc) is 2.69. The number of amides is 1. The van der Waals surface area contributed by atoms with E-state index >= 15 is 0 Å². The number of hydrogen-bond donors (Lipinski definition) is 1. The number of benzene rings is 3. The van der Waals surface area contributed by atoms with Crippen LogP contribution < -0.4 is 10.1 Å². The fourth-order valence-electron chi connectivity index (χ4n) is 2.42. The van der Waals surface area contributed by atoms with Crippen molar-refractivity contribution >= 4 is 11.6 Å². The van der Waals surface area contributed by atoms with Crippen LogP contribution >= 0.6 is 0 Å². The minimum atomic E-state index is -1.04. The Morgan fingerprint density at radius 3 is 2.59 bits per heavy atom. The maximum Gasteiger partial charge on any atom is 0.255 e. The Kier molecular flexibility index (Phi) is 5.43. The number of halogens is 2. The van der Waals surface area contributed by atoms with E-state index in [-0.39, 0.29) is 12.3 Å². The van der Waals surface area contributed by atoms with Crippen LogP contribution in [0.1, 0.15) is 21.5 Å². The smallest absolute Gasteiger partial charge is 0.255 e. The SMILES string of the molecule is N#Cc1ccccc1COc1cccc(C(=O)Nc2ccc(F)c(F)c2)c1. The van der Waals surface area contributed by atoms with Gasteiger partial charge in [0, 0.05) is 22.9 Å². The van der Waals surface area contributed by atoms with Gasteiger partial charge in [-0.2, -0.15) is 5.26 Å². The van der Waals surface area contributed by atoms with E-state index in [1.165, 1.54) is 12.1 Å². The van der Waals surface area contributed by atoms with Gasteiger partial charge in [-0.1, -0.05) is 24.3 Å². The first-order valence-electron chi connectivity index (χ1n) is 8.04. The van der Waals surface area contributed by atoms with Gasteiger partial charge in [0.25, 0.3) is 5.91 Å². The third kappa shape index (κ3) is 4.47. The van der Waals surface area contributed by atoms with Gasteiger partial charge in [0.05, 0.1) is 11.6 Å². The van der Waals surface area contributed by atoms with E-state index in [1.54, 1.807) is 36.4 Å². The Morgan fingerprint density at radius 1 is 1.00 bits per heavy atom. The van der Waals surface area contributed by atoms with E-state index in [0.717, 1.165) is 17.7 Å². The van der Waals surface area contributed by atoms with Gasteiger partial charge in [-0.15, -0.1) is 0 Å². The van der Waals surface area contributed by atoms with Crippen molar-refractivity contribution in [3.63, 3.8) is 0 Å². The number of hydrogen-bond acceptors (Lipinski definition) is 3. The molecule has 0 aliphatic heterocycles. The molecule has 0 heterocycles. The molecule has 0 aromatic heterocycles. The maximum atomic E-state index is 13.3. The number of anilines is 1. The predicted molar refractivity (Wildman–Crippen MR) is 96.2 cm³/mol. The number of nitriles is 1. The molecule has 0 atom stereocenters. The summed E-state index contributed by atoms with van der Waals surface area (Å²) in [6, 6.07) is 18.7. The molecule has 0 fully saturated rings. The molecule has 3 aromatic rings. The van der Waals surface area contributed by atoms with Crippen molar-refractivity contribution in [3.05, 3.63) is 95.1 Å². The van der Waals surface area contributed by atoms with Crippen LogP contribution in [0.3, 0.4) is 0 Å². The molecular formula is C21H14F2N2O2. The molecule has 3 aromatic carbocycles. The Morgan fingerprint density at radius 2 is 1.81 bits per heavy atom. The van der Waals surface area contributed by atoms with E-state index in [0.29, 0.717) is 16.9 Å². The lowest BCUT2D eigenvalue weighted by atomic mass is 10.1. The lowest BCUT2D eigenvalue weighted by Gasteiger charge is -2.10. The van der Waals surface area contributed by atoms with Crippen LogP contribution in [0.5, 0.6) is 5.75 Å². The summed E-state index contributed by atoms with van der Waals surface area (Å²) in [5.74, 6) is -2.06. The van der Waals surface area contributed by atoms with E-state index in [9.17, 15) is 13.6 Å². The van der Waals surface area contributed by atoms with Gasteiger partial charge in [-0.05, 0) is 36.4 Å². The third-order valence-corrected chi connectivity index (χ3v) is 3.81. The normalized spacial score (nSPS) is 10.1. The summed E-state index contributed by atoms with van der Waals surface area (Å²) in [5.41, 5.74) is 1.69. The van der Waals surface area contributed by atoms with Crippen molar-refractivity contribution in [1.82, 2.24) is 0 Å². The second-order valence-corrected chi connectivity index (χ2v) is 5.67. The monoisotopic (exact) mass is 364 g/mol. The summed E-state index contributed by atoms with van der Waals surface area (Å²) in [7, 11) is 0. The van der Waals surface area contributed by atoms with Crippen molar-refractivity contribution < 1.29 is 18.3 Å². The van der Waals surface area contributed by atoms with Crippen LogP contribution in [-0.4, -0.2) is 5.91 Å². The van der Waals surface area contributed by atoms with Crippen LogP contribution in [0.4, 0.5) is 14.5 Å². The summed E-state index contributed by atoms with van der Waals surface area (Å²) < 4.78 is 31.9. The van der Waals surface area contributed by atoms with Crippen LogP contribution in [-0.2, 0) is 6.61 Å². The van der Waals surface area contributed by atoms with Crippen LogP contribution in [0.2, 0.25) is 0 Å². The Balaban J connectivity index is 1.70. The molecule has 0 aliphatic rings. The van der Waals surface area contributed by atoms with Gasteiger partial charge in [0.15, 0.2) is 11.6 Å². The first-order chi connectivity index (χ1) is 13.1. The van der Waals surface area contributed by atoms with E-state index in [2.05, 4.69) is 11.4 Å². The molecule has 27 heavy (non-hydrogen) atoms. The van der Waals surface area contributed by atoms with Gasteiger partial charge in [0.1, 0.15) is 12.4 Å². The molecule has 0 aliphatic carbocycles. The van der Waals surface area contributed by atoms with Gasteiger partial charge in [-0.3, -0.25) is 4.79 Å². The molecule has 0 saturated heterocycles. The first-order valence-corrected chi connectivity index (χ1v) is 8.04. The average molecular weight is 364 g/mol. The Bertz CT molecular complexity index is 1030. The molecule has 0 saturated carbocycles. The topological polar surface area (TPSA) is 62.1 Å². The number of nitrogens with zero attached hydrogens (tertiary/aromatic N) is 1. The molecule has 1 N–H and O–H groups in total. The zero-order valence-electron chi connectivity index (χ0n) is 14.1. The van der Waals surface area contributed by atoms with Gasteiger partial charge in [0.2, 0.25) is 0 Å². The minimum absolute atomic E-state index is 0.146. The van der Waals surface area contributed by atoms with E-state index in [4.69, 9.17) is 10.00 Å². The lowest BCUT2D eigenvalue weighted by molar-refractivity contribution is 0.102. The molecule has 1 amide bonds. The Hall–Kier alpha value is -3.72. The van der Waals surface area contributed by atoms with Crippen molar-refractivity contribution in [3.8, 4) is 11.8 Å². The van der Waals surface area contributed by atoms with E-state index < -0.39 is 17.5 Å². The highest BCUT2D eigenvalue weighted by Gasteiger charge is 2.10. The maximum absolute atomic E-state index is 13.3. The number of carbonyl (C=O) groups excluding carboxylic acids is 1. The molecule has 0 spiro atoms. The first kappa shape index (κ1) is 18.1. The predicted octanol–water partition coefficient (Wildman–Crippen LogP) is 4.67. The van der Waals surface area contributed by atoms with Crippen LogP contribution in [0.15, 0.2) is 66.7 Å². The summed E-state index contributed by atoms with van der Waals surface area (Å²) in [6.07, 6.45) is 0. The summed E-state index contributed by atoms with van der Waals surface area (Å²) >= 11 is 0. The molecule has 0 unspecified atom stereocenters. The molecule has 134 valence electrons. The van der Waals surface area contributed by atoms with Crippen LogP contribution in [0.25, 0.3) is 0 Å². The van der Waals surface area contributed by atoms with Gasteiger partial charge >= 0.3 is 0 Å². The number of carbonyl (C=O) groups is 1. The third-order valence-electron chi connectivity index (χ3n) is 3.81. The summed E-state index contributed by atoms with van der Waals surface area (Å²) in [5, 5.41) is 11.6. The molecule has 0 radical (unpaired) electrons. The number of rotatable bonds is 5. The summed E-state index contributed by atoms with van der Waals surface area (Å²) in [4.78, 5) is 12.3. The highest BCUT2D eigenvalue weighted by atomic mass is 19.2. The minimum Gasteiger partial charge on any atom is -0.489 e. The van der Waals surface area contributed by atoms with Gasteiger partial charge in [-0.25, -0.2) is 8.78 Å². The highest BCUT2D eigenvalue weighted by molar-refractivity contribution is 6.04. The molecule has 6 heteroatoms. The standard InChI is InChI=1S/C21H14F2N2O2/c22-19-9-8-17(11-20(19)23)25-21(26)14-6-3-7-18(10-14)27-13-16-5-2-1-4-15(16)12-24/h1-11H,13H2,(H,25,26). The molecule has 3 rings (SSSR count). The fourth-order valence-corrected chi connectivity index (χ4v) is 2.42. The lowest BCUT2D eigenvalue weighted by Crippen LogP contribution is -2.12. The Labute approximate surface area is 154 Å². The largest absolute Gasteiger partial charge is 0.489 e. The van der Waals surface area contributed by atoms with Crippen LogP contribution in [0, 0.1) is 23.0 Å². The second-order valence-electron chi connectivity index (χ2n) is 5.67.